The van der Waals surface area contributed by atoms with Gasteiger partial charge in [-0.1, -0.05) is 29.8 Å². The van der Waals surface area contributed by atoms with E-state index in [1.807, 2.05) is 23.1 Å². The van der Waals surface area contributed by atoms with E-state index in [2.05, 4.69) is 4.99 Å². The molecule has 6 nitrogen and oxygen atoms in total. The van der Waals surface area contributed by atoms with Crippen LogP contribution in [0.4, 0.5) is 0 Å². The van der Waals surface area contributed by atoms with Crippen LogP contribution in [0.1, 0.15) is 32.4 Å². The molecule has 8 heteroatoms. The lowest BCUT2D eigenvalue weighted by Crippen LogP contribution is -2.36. The maximum atomic E-state index is 12.6. The second kappa shape index (κ2) is 7.78. The van der Waals surface area contributed by atoms with Crippen LogP contribution < -0.4 is 0 Å². The van der Waals surface area contributed by atoms with Gasteiger partial charge in [-0.25, -0.2) is 14.6 Å². The zero-order valence-electron chi connectivity index (χ0n) is 15.4. The molecule has 0 bridgehead atoms. The molecule has 2 aliphatic heterocycles. The van der Waals surface area contributed by atoms with Crippen LogP contribution in [0.15, 0.2) is 51.1 Å². The average molecular weight is 407 g/mol. The van der Waals surface area contributed by atoms with Crippen molar-refractivity contribution in [1.29, 1.82) is 0 Å². The fourth-order valence-corrected chi connectivity index (χ4v) is 4.46. The number of allylic oxidation sites excluding steroid dienone is 2. The number of amidine groups is 1. The van der Waals surface area contributed by atoms with Gasteiger partial charge in [-0.15, -0.1) is 0 Å². The Morgan fingerprint density at radius 1 is 1.26 bits per heavy atom. The number of rotatable bonds is 4. The van der Waals surface area contributed by atoms with E-state index in [1.165, 1.54) is 18.9 Å². The Morgan fingerprint density at radius 3 is 2.59 bits per heavy atom. The molecular weight excluding hydrogens is 388 g/mol. The van der Waals surface area contributed by atoms with Crippen molar-refractivity contribution in [1.82, 2.24) is 4.90 Å². The quantitative estimate of drug-likeness (QED) is 0.703. The molecule has 0 aliphatic carbocycles. The largest absolute Gasteiger partial charge is 0.466 e. The normalized spacial score (nSPS) is 19.1. The number of hydrogen-bond donors (Lipinski definition) is 0. The number of ether oxygens (including phenoxy) is 2. The van der Waals surface area contributed by atoms with Crippen molar-refractivity contribution in [3.05, 3.63) is 56.7 Å². The third kappa shape index (κ3) is 3.37. The molecule has 0 amide bonds. The predicted molar refractivity (Wildman–Crippen MR) is 105 cm³/mol. The fraction of sp³-hybridized carbons (Fsp3) is 0.316. The number of carbonyl (C=O) groups is 2. The van der Waals surface area contributed by atoms with Gasteiger partial charge < -0.3 is 14.4 Å². The summed E-state index contributed by atoms with van der Waals surface area (Å²) in [6, 6.07) is 6.75. The van der Waals surface area contributed by atoms with Gasteiger partial charge in [0.15, 0.2) is 5.17 Å². The smallest absolute Gasteiger partial charge is 0.346 e. The van der Waals surface area contributed by atoms with E-state index in [-0.39, 0.29) is 6.61 Å². The Balaban J connectivity index is 2.19. The highest BCUT2D eigenvalue weighted by atomic mass is 35.5. The van der Waals surface area contributed by atoms with Gasteiger partial charge in [0.2, 0.25) is 0 Å². The number of thioether (sulfide) groups is 1. The molecule has 0 radical (unpaired) electrons. The number of methoxy groups -OCH3 is 1. The number of aliphatic imine (C=N–C) groups is 1. The minimum atomic E-state index is -0.543. The van der Waals surface area contributed by atoms with Crippen molar-refractivity contribution < 1.29 is 19.1 Å². The molecule has 2 heterocycles. The highest BCUT2D eigenvalue weighted by Gasteiger charge is 2.44. The molecule has 27 heavy (non-hydrogen) atoms. The van der Waals surface area contributed by atoms with Gasteiger partial charge in [-0.2, -0.15) is 0 Å². The summed E-state index contributed by atoms with van der Waals surface area (Å²) in [6.07, 6.45) is 0. The average Bonchev–Trinajstić information content (AvgIpc) is 2.97. The van der Waals surface area contributed by atoms with Gasteiger partial charge in [0.05, 0.1) is 31.0 Å². The van der Waals surface area contributed by atoms with Gasteiger partial charge >= 0.3 is 11.9 Å². The summed E-state index contributed by atoms with van der Waals surface area (Å²) in [4.78, 5) is 31.7. The van der Waals surface area contributed by atoms with Gasteiger partial charge in [0.25, 0.3) is 0 Å². The molecule has 0 unspecified atom stereocenters. The number of carbonyl (C=O) groups excluding carboxylic acids is 2. The number of hydrogen-bond acceptors (Lipinski definition) is 7. The van der Waals surface area contributed by atoms with E-state index < -0.39 is 18.0 Å². The van der Waals surface area contributed by atoms with Gasteiger partial charge in [0.1, 0.15) is 4.91 Å². The van der Waals surface area contributed by atoms with Gasteiger partial charge in [-0.3, -0.25) is 0 Å². The number of fused-ring (bicyclic) bond motifs is 1. The van der Waals surface area contributed by atoms with Crippen molar-refractivity contribution in [2.45, 2.75) is 26.8 Å². The lowest BCUT2D eigenvalue weighted by Gasteiger charge is -2.35. The highest BCUT2D eigenvalue weighted by Crippen LogP contribution is 2.48. The van der Waals surface area contributed by atoms with E-state index in [0.29, 0.717) is 32.1 Å². The molecule has 0 saturated heterocycles. The zero-order valence-corrected chi connectivity index (χ0v) is 17.0. The summed E-state index contributed by atoms with van der Waals surface area (Å²) in [5.74, 6) is -0.894. The highest BCUT2D eigenvalue weighted by molar-refractivity contribution is 8.18. The second-order valence-electron chi connectivity index (χ2n) is 5.92. The van der Waals surface area contributed by atoms with Crippen LogP contribution >= 0.6 is 23.4 Å². The van der Waals surface area contributed by atoms with Crippen LogP contribution in [0, 0.1) is 0 Å². The van der Waals surface area contributed by atoms with Crippen molar-refractivity contribution in [2.24, 2.45) is 4.99 Å². The molecule has 0 saturated carbocycles. The molecule has 0 spiro atoms. The molecule has 0 aromatic heterocycles. The first-order valence-corrected chi connectivity index (χ1v) is 9.57. The Kier molecular flexibility index (Phi) is 5.62. The molecule has 2 aliphatic rings. The second-order valence-corrected chi connectivity index (χ2v) is 7.30. The van der Waals surface area contributed by atoms with Crippen molar-refractivity contribution in [3.63, 3.8) is 0 Å². The number of esters is 2. The Bertz CT molecular complexity index is 907. The van der Waals surface area contributed by atoms with Crippen molar-refractivity contribution in [2.75, 3.05) is 13.7 Å². The molecular formula is C19H19ClN2O4S. The van der Waals surface area contributed by atoms with Crippen LogP contribution in [-0.4, -0.2) is 35.7 Å². The molecule has 142 valence electrons. The molecule has 1 aromatic carbocycles. The van der Waals surface area contributed by atoms with E-state index in [0.717, 1.165) is 5.56 Å². The summed E-state index contributed by atoms with van der Waals surface area (Å²) in [6.45, 7) is 5.59. The molecule has 1 atom stereocenters. The SMILES string of the molecule is CCOC(=O)C1=C(C)N2C(=NC(C)=C(C(=O)OC)[C@@H]2c2ccccc2Cl)S1. The Hall–Kier alpha value is -2.25. The summed E-state index contributed by atoms with van der Waals surface area (Å²) in [5.41, 5.74) is 2.32. The Morgan fingerprint density at radius 2 is 1.96 bits per heavy atom. The van der Waals surface area contributed by atoms with E-state index >= 15 is 0 Å². The van der Waals surface area contributed by atoms with E-state index in [4.69, 9.17) is 21.1 Å². The standard InChI is InChI=1S/C19H19ClN2O4S/c1-5-26-18(24)16-11(3)22-15(12-8-6-7-9-13(12)20)14(17(23)25-4)10(2)21-19(22)27-16/h6-9,15H,5H2,1-4H3/t15-/m0/s1. The number of nitrogens with zero attached hydrogens (tertiary/aromatic N) is 2. The van der Waals surface area contributed by atoms with Crippen molar-refractivity contribution >= 4 is 40.5 Å². The minimum absolute atomic E-state index is 0.279. The minimum Gasteiger partial charge on any atom is -0.466 e. The summed E-state index contributed by atoms with van der Waals surface area (Å²) >= 11 is 7.68. The van der Waals surface area contributed by atoms with E-state index in [9.17, 15) is 9.59 Å². The van der Waals surface area contributed by atoms with Crippen LogP contribution in [0.25, 0.3) is 0 Å². The number of benzene rings is 1. The summed E-state index contributed by atoms with van der Waals surface area (Å²) in [7, 11) is 1.33. The molecule has 0 fully saturated rings. The van der Waals surface area contributed by atoms with Crippen molar-refractivity contribution in [3.8, 4) is 0 Å². The van der Waals surface area contributed by atoms with Gasteiger partial charge in [0, 0.05) is 10.7 Å². The first kappa shape index (κ1) is 19.5. The summed E-state index contributed by atoms with van der Waals surface area (Å²) in [5, 5.41) is 1.12. The third-order valence-corrected chi connectivity index (χ3v) is 5.82. The first-order chi connectivity index (χ1) is 12.9. The Labute approximate surface area is 166 Å². The van der Waals surface area contributed by atoms with Crippen LogP contribution in [0.3, 0.4) is 0 Å². The van der Waals surface area contributed by atoms with Crippen LogP contribution in [0.5, 0.6) is 0 Å². The molecule has 3 rings (SSSR count). The van der Waals surface area contributed by atoms with Gasteiger partial charge in [-0.05, 0) is 44.2 Å². The topological polar surface area (TPSA) is 68.2 Å². The number of halogens is 1. The maximum absolute atomic E-state index is 12.6. The predicted octanol–water partition coefficient (Wildman–Crippen LogP) is 4.04. The lowest BCUT2D eigenvalue weighted by atomic mass is 9.94. The van der Waals surface area contributed by atoms with Crippen LogP contribution in [-0.2, 0) is 19.1 Å². The van der Waals surface area contributed by atoms with E-state index in [1.54, 1.807) is 26.8 Å². The molecule has 0 N–H and O–H groups in total. The fourth-order valence-electron chi connectivity index (χ4n) is 3.13. The third-order valence-electron chi connectivity index (χ3n) is 4.34. The maximum Gasteiger partial charge on any atom is 0.346 e. The van der Waals surface area contributed by atoms with Crippen LogP contribution in [0.2, 0.25) is 5.02 Å². The summed E-state index contributed by atoms with van der Waals surface area (Å²) < 4.78 is 10.2. The zero-order chi connectivity index (χ0) is 19.7. The first-order valence-electron chi connectivity index (χ1n) is 8.38. The lowest BCUT2D eigenvalue weighted by molar-refractivity contribution is -0.138. The monoisotopic (exact) mass is 406 g/mol. The molecule has 1 aromatic rings.